The van der Waals surface area contributed by atoms with E-state index < -0.39 is 0 Å². The molecular formula is C21H25N3O3. The van der Waals surface area contributed by atoms with Crippen LogP contribution in [0.2, 0.25) is 0 Å². The number of nitrogens with zero attached hydrogens (tertiary/aromatic N) is 3. The highest BCUT2D eigenvalue weighted by molar-refractivity contribution is 5.94. The zero-order chi connectivity index (χ0) is 18.5. The van der Waals surface area contributed by atoms with E-state index in [1.165, 1.54) is 0 Å². The van der Waals surface area contributed by atoms with Crippen LogP contribution in [0.1, 0.15) is 23.2 Å². The third-order valence-corrected chi connectivity index (χ3v) is 5.10. The summed E-state index contributed by atoms with van der Waals surface area (Å²) in [7, 11) is 0. The van der Waals surface area contributed by atoms with Gasteiger partial charge in [0.1, 0.15) is 18.2 Å². The molecule has 0 aliphatic carbocycles. The molecule has 2 fully saturated rings. The zero-order valence-corrected chi connectivity index (χ0v) is 15.4. The lowest BCUT2D eigenvalue weighted by molar-refractivity contribution is 0.0678. The molecule has 6 heteroatoms. The van der Waals surface area contributed by atoms with Gasteiger partial charge in [0.05, 0.1) is 6.10 Å². The van der Waals surface area contributed by atoms with E-state index in [-0.39, 0.29) is 12.0 Å². The molecule has 2 aliphatic heterocycles. The molecule has 27 heavy (non-hydrogen) atoms. The number of hydrogen-bond acceptors (Lipinski definition) is 5. The minimum absolute atomic E-state index is 0.0707. The van der Waals surface area contributed by atoms with Crippen LogP contribution in [0.5, 0.6) is 5.75 Å². The Hall–Kier alpha value is -2.60. The molecule has 4 rings (SSSR count). The van der Waals surface area contributed by atoms with Crippen molar-refractivity contribution in [2.45, 2.75) is 18.9 Å². The Labute approximate surface area is 159 Å². The number of ether oxygens (including phenoxy) is 2. The first-order valence-electron chi connectivity index (χ1n) is 9.59. The smallest absolute Gasteiger partial charge is 0.253 e. The zero-order valence-electron chi connectivity index (χ0n) is 15.4. The van der Waals surface area contributed by atoms with E-state index in [9.17, 15) is 4.79 Å². The van der Waals surface area contributed by atoms with E-state index in [1.54, 1.807) is 6.20 Å². The Bertz CT molecular complexity index is 737. The first-order chi connectivity index (χ1) is 13.3. The first kappa shape index (κ1) is 17.8. The average Bonchev–Trinajstić information content (AvgIpc) is 3.27. The van der Waals surface area contributed by atoms with E-state index >= 15 is 0 Å². The quantitative estimate of drug-likeness (QED) is 0.813. The second kappa shape index (κ2) is 8.39. The summed E-state index contributed by atoms with van der Waals surface area (Å²) >= 11 is 0. The number of piperazine rings is 1. The van der Waals surface area contributed by atoms with Crippen molar-refractivity contribution in [3.05, 3.63) is 54.2 Å². The van der Waals surface area contributed by atoms with Gasteiger partial charge in [-0.15, -0.1) is 0 Å². The number of carbonyl (C=O) groups is 1. The molecule has 1 aromatic carbocycles. The molecule has 2 aliphatic rings. The highest BCUT2D eigenvalue weighted by atomic mass is 16.5. The Balaban J connectivity index is 1.29. The van der Waals surface area contributed by atoms with Gasteiger partial charge >= 0.3 is 0 Å². The second-order valence-corrected chi connectivity index (χ2v) is 6.94. The summed E-state index contributed by atoms with van der Waals surface area (Å²) in [6, 6.07) is 13.3. The molecule has 0 bridgehead atoms. The van der Waals surface area contributed by atoms with Crippen LogP contribution in [0.3, 0.4) is 0 Å². The maximum Gasteiger partial charge on any atom is 0.253 e. The molecule has 2 saturated heterocycles. The molecule has 142 valence electrons. The molecule has 0 saturated carbocycles. The van der Waals surface area contributed by atoms with Crippen LogP contribution in [-0.2, 0) is 4.74 Å². The number of pyridine rings is 1. The first-order valence-corrected chi connectivity index (χ1v) is 9.59. The molecule has 1 aromatic heterocycles. The summed E-state index contributed by atoms with van der Waals surface area (Å²) in [4.78, 5) is 21.3. The minimum Gasteiger partial charge on any atom is -0.491 e. The third-order valence-electron chi connectivity index (χ3n) is 5.10. The van der Waals surface area contributed by atoms with Crippen molar-refractivity contribution in [3.8, 4) is 5.75 Å². The van der Waals surface area contributed by atoms with Crippen molar-refractivity contribution in [3.63, 3.8) is 0 Å². The normalized spacial score (nSPS) is 19.9. The van der Waals surface area contributed by atoms with Gasteiger partial charge in [-0.3, -0.25) is 4.79 Å². The van der Waals surface area contributed by atoms with Gasteiger partial charge < -0.3 is 19.3 Å². The molecule has 0 N–H and O–H groups in total. The number of rotatable bonds is 5. The summed E-state index contributed by atoms with van der Waals surface area (Å²) < 4.78 is 11.3. The predicted octanol–water partition coefficient (Wildman–Crippen LogP) is 2.60. The average molecular weight is 367 g/mol. The van der Waals surface area contributed by atoms with Crippen LogP contribution in [-0.4, -0.2) is 61.3 Å². The highest BCUT2D eigenvalue weighted by Gasteiger charge is 2.23. The van der Waals surface area contributed by atoms with Gasteiger partial charge in [0.25, 0.3) is 5.91 Å². The SMILES string of the molecule is O=C(c1ccc(OC[C@@H]2CCCO2)cc1)N1CCN(c2ccccn2)CC1. The molecular weight excluding hydrogens is 342 g/mol. The summed E-state index contributed by atoms with van der Waals surface area (Å²) in [6.07, 6.45) is 4.16. The minimum atomic E-state index is 0.0707. The van der Waals surface area contributed by atoms with Gasteiger partial charge in [-0.2, -0.15) is 0 Å². The van der Waals surface area contributed by atoms with Crippen LogP contribution in [0, 0.1) is 0 Å². The van der Waals surface area contributed by atoms with Crippen molar-refractivity contribution in [2.24, 2.45) is 0 Å². The molecule has 1 atom stereocenters. The highest BCUT2D eigenvalue weighted by Crippen LogP contribution is 2.18. The third kappa shape index (κ3) is 4.39. The van der Waals surface area contributed by atoms with E-state index in [1.807, 2.05) is 47.4 Å². The number of aromatic nitrogens is 1. The monoisotopic (exact) mass is 367 g/mol. The standard InChI is InChI=1S/C21H25N3O3/c25-21(24-13-11-23(12-14-24)20-5-1-2-10-22-20)17-6-8-18(9-7-17)27-16-19-4-3-15-26-19/h1-2,5-10,19H,3-4,11-16H2/t19-/m0/s1. The summed E-state index contributed by atoms with van der Waals surface area (Å²) in [5.41, 5.74) is 0.700. The van der Waals surface area contributed by atoms with Crippen molar-refractivity contribution < 1.29 is 14.3 Å². The largest absolute Gasteiger partial charge is 0.491 e. The maximum absolute atomic E-state index is 12.8. The fourth-order valence-electron chi connectivity index (χ4n) is 3.52. The Kier molecular flexibility index (Phi) is 5.53. The summed E-state index contributed by atoms with van der Waals surface area (Å²) in [5.74, 6) is 1.82. The van der Waals surface area contributed by atoms with Gasteiger partial charge in [0.2, 0.25) is 0 Å². The van der Waals surface area contributed by atoms with Crippen LogP contribution in [0.15, 0.2) is 48.7 Å². The van der Waals surface area contributed by atoms with E-state index in [0.717, 1.165) is 44.1 Å². The summed E-state index contributed by atoms with van der Waals surface area (Å²) in [6.45, 7) is 4.40. The Morgan fingerprint density at radius 3 is 2.59 bits per heavy atom. The predicted molar refractivity (Wildman–Crippen MR) is 103 cm³/mol. The van der Waals surface area contributed by atoms with Gasteiger partial charge in [-0.05, 0) is 49.2 Å². The molecule has 0 spiro atoms. The Morgan fingerprint density at radius 1 is 1.11 bits per heavy atom. The topological polar surface area (TPSA) is 54.9 Å². The van der Waals surface area contributed by atoms with Gasteiger partial charge in [0, 0.05) is 44.5 Å². The Morgan fingerprint density at radius 2 is 1.93 bits per heavy atom. The van der Waals surface area contributed by atoms with E-state index in [0.29, 0.717) is 25.3 Å². The fourth-order valence-corrected chi connectivity index (χ4v) is 3.52. The number of amides is 1. The molecule has 3 heterocycles. The van der Waals surface area contributed by atoms with Crippen LogP contribution in [0.4, 0.5) is 5.82 Å². The molecule has 6 nitrogen and oxygen atoms in total. The number of benzene rings is 1. The van der Waals surface area contributed by atoms with Crippen molar-refractivity contribution >= 4 is 11.7 Å². The van der Waals surface area contributed by atoms with Crippen LogP contribution < -0.4 is 9.64 Å². The van der Waals surface area contributed by atoms with Crippen molar-refractivity contribution in [1.29, 1.82) is 0 Å². The van der Waals surface area contributed by atoms with Gasteiger partial charge in [-0.1, -0.05) is 6.07 Å². The van der Waals surface area contributed by atoms with Crippen LogP contribution in [0.25, 0.3) is 0 Å². The summed E-state index contributed by atoms with van der Waals surface area (Å²) in [5, 5.41) is 0. The molecule has 0 unspecified atom stereocenters. The maximum atomic E-state index is 12.8. The van der Waals surface area contributed by atoms with E-state index in [2.05, 4.69) is 9.88 Å². The lowest BCUT2D eigenvalue weighted by Crippen LogP contribution is -2.49. The lowest BCUT2D eigenvalue weighted by Gasteiger charge is -2.35. The lowest BCUT2D eigenvalue weighted by atomic mass is 10.1. The second-order valence-electron chi connectivity index (χ2n) is 6.94. The fraction of sp³-hybridized carbons (Fsp3) is 0.429. The van der Waals surface area contributed by atoms with Crippen LogP contribution >= 0.6 is 0 Å². The number of carbonyl (C=O) groups excluding carboxylic acids is 1. The van der Waals surface area contributed by atoms with Gasteiger partial charge in [0.15, 0.2) is 0 Å². The molecule has 1 amide bonds. The number of hydrogen-bond donors (Lipinski definition) is 0. The van der Waals surface area contributed by atoms with E-state index in [4.69, 9.17) is 9.47 Å². The van der Waals surface area contributed by atoms with Gasteiger partial charge in [-0.25, -0.2) is 4.98 Å². The van der Waals surface area contributed by atoms with Crippen molar-refractivity contribution in [2.75, 3.05) is 44.3 Å². The molecule has 2 aromatic rings. The number of anilines is 1. The van der Waals surface area contributed by atoms with Crippen molar-refractivity contribution in [1.82, 2.24) is 9.88 Å². The molecule has 0 radical (unpaired) electrons.